The van der Waals surface area contributed by atoms with Crippen molar-refractivity contribution in [3.63, 3.8) is 0 Å². The number of nitrogens with zero attached hydrogens (tertiary/aromatic N) is 1. The summed E-state index contributed by atoms with van der Waals surface area (Å²) in [5.41, 5.74) is 0.0930. The van der Waals surface area contributed by atoms with E-state index in [0.29, 0.717) is 13.6 Å². The molecule has 1 aromatic rings. The van der Waals surface area contributed by atoms with Gasteiger partial charge in [0.05, 0.1) is 17.9 Å². The lowest BCUT2D eigenvalue weighted by Crippen LogP contribution is -2.30. The maximum Gasteiger partial charge on any atom is 0.376 e. The second-order valence-corrected chi connectivity index (χ2v) is 5.99. The van der Waals surface area contributed by atoms with Crippen LogP contribution in [0.3, 0.4) is 0 Å². The van der Waals surface area contributed by atoms with Gasteiger partial charge in [-0.1, -0.05) is 0 Å². The number of carbonyl (C=O) groups excluding carboxylic acids is 4. The SMILES string of the molecule is COC(=O)C(=O)C(CC=O)n1c(C(=O)OC)cc(I)c1I. The number of hydrogen-bond donors (Lipinski definition) is 0. The number of ether oxygens (including phenoxy) is 2. The molecule has 7 nitrogen and oxygen atoms in total. The number of carbonyl (C=O) groups is 4. The van der Waals surface area contributed by atoms with Crippen LogP contribution in [0.2, 0.25) is 0 Å². The van der Waals surface area contributed by atoms with Gasteiger partial charge in [0, 0.05) is 9.99 Å². The van der Waals surface area contributed by atoms with E-state index >= 15 is 0 Å². The summed E-state index contributed by atoms with van der Waals surface area (Å²) < 4.78 is 11.6. The first-order valence-corrected chi connectivity index (χ1v) is 7.75. The summed E-state index contributed by atoms with van der Waals surface area (Å²) in [7, 11) is 2.28. The normalized spacial score (nSPS) is 11.6. The molecule has 0 saturated carbocycles. The number of rotatable bonds is 6. The predicted octanol–water partition coefficient (Wildman–Crippen LogP) is 1.36. The maximum atomic E-state index is 12.1. The van der Waals surface area contributed by atoms with Crippen LogP contribution < -0.4 is 0 Å². The van der Waals surface area contributed by atoms with Crippen LogP contribution in [0, 0.1) is 7.27 Å². The van der Waals surface area contributed by atoms with E-state index < -0.39 is 23.8 Å². The van der Waals surface area contributed by atoms with Gasteiger partial charge < -0.3 is 18.8 Å². The molecule has 0 saturated heterocycles. The third-order valence-corrected chi connectivity index (χ3v) is 5.60. The third-order valence-electron chi connectivity index (χ3n) is 2.65. The van der Waals surface area contributed by atoms with Crippen LogP contribution in [-0.2, 0) is 23.9 Å². The Morgan fingerprint density at radius 2 is 1.90 bits per heavy atom. The Morgan fingerprint density at radius 1 is 1.29 bits per heavy atom. The van der Waals surface area contributed by atoms with E-state index in [4.69, 9.17) is 0 Å². The minimum Gasteiger partial charge on any atom is -0.464 e. The monoisotopic (exact) mass is 519 g/mol. The molecule has 0 spiro atoms. The number of esters is 2. The lowest BCUT2D eigenvalue weighted by molar-refractivity contribution is -0.153. The van der Waals surface area contributed by atoms with Gasteiger partial charge in [-0.3, -0.25) is 4.79 Å². The van der Waals surface area contributed by atoms with Crippen molar-refractivity contribution >= 4 is 69.2 Å². The number of halogens is 2. The fraction of sp³-hybridized carbons (Fsp3) is 0.333. The highest BCUT2D eigenvalue weighted by Crippen LogP contribution is 2.27. The van der Waals surface area contributed by atoms with Crippen LogP contribution in [0.5, 0.6) is 0 Å². The highest BCUT2D eigenvalue weighted by molar-refractivity contribution is 14.1. The first-order valence-electron chi connectivity index (χ1n) is 5.59. The zero-order valence-corrected chi connectivity index (χ0v) is 15.4. The van der Waals surface area contributed by atoms with E-state index in [0.717, 1.165) is 7.11 Å². The van der Waals surface area contributed by atoms with E-state index in [1.807, 2.05) is 45.2 Å². The lowest BCUT2D eigenvalue weighted by atomic mass is 10.1. The molecule has 1 atom stereocenters. The van der Waals surface area contributed by atoms with E-state index in [1.54, 1.807) is 0 Å². The zero-order chi connectivity index (χ0) is 16.2. The summed E-state index contributed by atoms with van der Waals surface area (Å²) in [5, 5.41) is 0. The number of hydrogen-bond acceptors (Lipinski definition) is 6. The molecular formula is C12H11I2NO6. The van der Waals surface area contributed by atoms with Gasteiger partial charge in [0.2, 0.25) is 0 Å². The van der Waals surface area contributed by atoms with Crippen LogP contribution in [0.1, 0.15) is 23.0 Å². The molecular weight excluding hydrogens is 508 g/mol. The van der Waals surface area contributed by atoms with Crippen molar-refractivity contribution in [2.45, 2.75) is 12.5 Å². The van der Waals surface area contributed by atoms with Crippen LogP contribution in [-0.4, -0.2) is 42.8 Å². The average molecular weight is 519 g/mol. The minimum atomic E-state index is -1.14. The predicted molar refractivity (Wildman–Crippen MR) is 87.9 cm³/mol. The molecule has 21 heavy (non-hydrogen) atoms. The molecule has 1 heterocycles. The summed E-state index contributed by atoms with van der Waals surface area (Å²) in [6, 6.07) is 0.385. The van der Waals surface area contributed by atoms with E-state index in [-0.39, 0.29) is 12.1 Å². The molecule has 0 aromatic carbocycles. The Labute approximate surface area is 147 Å². The number of aromatic nitrogens is 1. The molecule has 0 radical (unpaired) electrons. The molecule has 0 fully saturated rings. The molecule has 0 bridgehead atoms. The first-order chi connectivity index (χ1) is 9.88. The quantitative estimate of drug-likeness (QED) is 0.244. The summed E-state index contributed by atoms with van der Waals surface area (Å²) >= 11 is 3.91. The molecule has 0 amide bonds. The fourth-order valence-corrected chi connectivity index (χ4v) is 3.00. The van der Waals surface area contributed by atoms with Crippen molar-refractivity contribution in [3.8, 4) is 0 Å². The van der Waals surface area contributed by atoms with Crippen LogP contribution >= 0.6 is 45.2 Å². The van der Waals surface area contributed by atoms with Crippen molar-refractivity contribution in [1.82, 2.24) is 4.57 Å². The van der Waals surface area contributed by atoms with Crippen LogP contribution in [0.4, 0.5) is 0 Å². The summed E-state index contributed by atoms with van der Waals surface area (Å²) in [4.78, 5) is 46.2. The highest BCUT2D eigenvalue weighted by atomic mass is 127. The molecule has 0 aliphatic rings. The Morgan fingerprint density at radius 3 is 2.38 bits per heavy atom. The van der Waals surface area contributed by atoms with E-state index in [1.165, 1.54) is 17.7 Å². The number of aldehydes is 1. The van der Waals surface area contributed by atoms with E-state index in [2.05, 4.69) is 9.47 Å². The van der Waals surface area contributed by atoms with Gasteiger partial charge in [-0.05, 0) is 51.2 Å². The van der Waals surface area contributed by atoms with Gasteiger partial charge in [0.15, 0.2) is 0 Å². The van der Waals surface area contributed by atoms with Crippen LogP contribution in [0.25, 0.3) is 0 Å². The molecule has 1 unspecified atom stereocenters. The second-order valence-electron chi connectivity index (χ2n) is 3.80. The van der Waals surface area contributed by atoms with Crippen molar-refractivity contribution in [2.75, 3.05) is 14.2 Å². The van der Waals surface area contributed by atoms with Crippen LogP contribution in [0.15, 0.2) is 6.07 Å². The fourth-order valence-electron chi connectivity index (χ4n) is 1.69. The topological polar surface area (TPSA) is 91.7 Å². The van der Waals surface area contributed by atoms with Gasteiger partial charge in [0.25, 0.3) is 5.78 Å². The Bertz CT molecular complexity index is 595. The molecule has 9 heteroatoms. The molecule has 0 N–H and O–H groups in total. The number of ketones is 1. The largest absolute Gasteiger partial charge is 0.464 e. The maximum absolute atomic E-state index is 12.1. The van der Waals surface area contributed by atoms with Crippen molar-refractivity contribution in [1.29, 1.82) is 0 Å². The molecule has 114 valence electrons. The van der Waals surface area contributed by atoms with E-state index in [9.17, 15) is 19.2 Å². The Kier molecular flexibility index (Phi) is 6.77. The zero-order valence-electron chi connectivity index (χ0n) is 11.1. The highest BCUT2D eigenvalue weighted by Gasteiger charge is 2.32. The summed E-state index contributed by atoms with van der Waals surface area (Å²) in [5.74, 6) is -2.64. The molecule has 0 aliphatic carbocycles. The average Bonchev–Trinajstić information content (AvgIpc) is 2.78. The third kappa shape index (κ3) is 3.81. The van der Waals surface area contributed by atoms with Crippen molar-refractivity contribution in [2.24, 2.45) is 0 Å². The number of Topliss-reactive ketones (excluding diaryl/α,β-unsaturated/α-hetero) is 1. The molecule has 1 aromatic heterocycles. The van der Waals surface area contributed by atoms with Gasteiger partial charge in [-0.15, -0.1) is 0 Å². The Hall–Kier alpha value is -0.980. The summed E-state index contributed by atoms with van der Waals surface area (Å²) in [6.45, 7) is 0. The standard InChI is InChI=1S/C12H11I2NO6/c1-20-11(18)8-5-6(13)10(14)15(8)7(3-4-16)9(17)12(19)21-2/h4-5,7H,3H2,1-2H3. The molecule has 1 rings (SSSR count). The molecule has 0 aliphatic heterocycles. The minimum absolute atomic E-state index is 0.0930. The summed E-state index contributed by atoms with van der Waals surface area (Å²) in [6.07, 6.45) is 0.258. The number of methoxy groups -OCH3 is 2. The first kappa shape index (κ1) is 18.1. The van der Waals surface area contributed by atoms with Gasteiger partial charge >= 0.3 is 11.9 Å². The second kappa shape index (κ2) is 7.87. The van der Waals surface area contributed by atoms with Gasteiger partial charge in [-0.25, -0.2) is 9.59 Å². The van der Waals surface area contributed by atoms with Gasteiger partial charge in [-0.2, -0.15) is 0 Å². The lowest BCUT2D eigenvalue weighted by Gasteiger charge is -2.18. The van der Waals surface area contributed by atoms with Crippen molar-refractivity contribution in [3.05, 3.63) is 19.0 Å². The Balaban J connectivity index is 3.44. The smallest absolute Gasteiger partial charge is 0.376 e. The van der Waals surface area contributed by atoms with Crippen molar-refractivity contribution < 1.29 is 28.7 Å². The van der Waals surface area contributed by atoms with Gasteiger partial charge in [0.1, 0.15) is 18.0 Å².